The average Bonchev–Trinajstić information content (AvgIpc) is 3.04. The number of hydrogen-bond acceptors (Lipinski definition) is 3. The summed E-state index contributed by atoms with van der Waals surface area (Å²) in [5.41, 5.74) is 1.43. The van der Waals surface area contributed by atoms with Gasteiger partial charge in [-0.05, 0) is 28.3 Å². The molecule has 2 aromatic heterocycles. The van der Waals surface area contributed by atoms with Crippen LogP contribution in [-0.2, 0) is 0 Å². The molecule has 0 saturated carbocycles. The highest BCUT2D eigenvalue weighted by molar-refractivity contribution is 8.06. The van der Waals surface area contributed by atoms with Gasteiger partial charge in [0.05, 0.1) is 0 Å². The molecule has 3 rings (SSSR count). The highest BCUT2D eigenvalue weighted by Crippen LogP contribution is 2.44. The normalized spacial score (nSPS) is 18.9. The zero-order valence-corrected chi connectivity index (χ0v) is 11.9. The zero-order valence-electron chi connectivity index (χ0n) is 9.42. The monoisotopic (exact) mass is 276 g/mol. The zero-order chi connectivity index (χ0) is 11.7. The molecule has 2 aromatic rings. The highest BCUT2D eigenvalue weighted by atomic mass is 32.2. The van der Waals surface area contributed by atoms with Crippen LogP contribution in [0, 0.1) is 5.92 Å². The Kier molecular flexibility index (Phi) is 3.23. The van der Waals surface area contributed by atoms with Gasteiger partial charge in [-0.3, -0.25) is 0 Å². The topological polar surface area (TPSA) is 0 Å². The first-order valence-corrected chi connectivity index (χ1v) is 8.15. The van der Waals surface area contributed by atoms with E-state index in [1.54, 1.807) is 0 Å². The fourth-order valence-corrected chi connectivity index (χ4v) is 4.80. The summed E-state index contributed by atoms with van der Waals surface area (Å²) in [4.78, 5) is 4.24. The minimum Gasteiger partial charge on any atom is -0.144 e. The molecule has 0 amide bonds. The molecule has 3 heterocycles. The molecule has 17 heavy (non-hydrogen) atoms. The molecular formula is C14H12S3. The van der Waals surface area contributed by atoms with E-state index < -0.39 is 0 Å². The Hall–Kier alpha value is -0.770. The molecule has 0 saturated heterocycles. The molecule has 0 aliphatic carbocycles. The number of thiophene rings is 2. The lowest BCUT2D eigenvalue weighted by atomic mass is 10.0. The molecule has 0 fully saturated rings. The van der Waals surface area contributed by atoms with Crippen molar-refractivity contribution >= 4 is 40.0 Å². The summed E-state index contributed by atoms with van der Waals surface area (Å²) >= 11 is 5.52. The molecule has 3 heteroatoms. The van der Waals surface area contributed by atoms with Crippen molar-refractivity contribution in [3.8, 4) is 0 Å². The van der Waals surface area contributed by atoms with E-state index in [4.69, 9.17) is 0 Å². The average molecular weight is 276 g/mol. The predicted octanol–water partition coefficient (Wildman–Crippen LogP) is 5.47. The third kappa shape index (κ3) is 2.15. The van der Waals surface area contributed by atoms with Crippen molar-refractivity contribution in [2.75, 3.05) is 0 Å². The summed E-state index contributed by atoms with van der Waals surface area (Å²) in [7, 11) is 0. The first kappa shape index (κ1) is 11.3. The van der Waals surface area contributed by atoms with Crippen molar-refractivity contribution in [2.45, 2.75) is 6.92 Å². The molecule has 0 spiro atoms. The van der Waals surface area contributed by atoms with E-state index in [-0.39, 0.29) is 0 Å². The Morgan fingerprint density at radius 3 is 2.12 bits per heavy atom. The molecule has 1 unspecified atom stereocenters. The van der Waals surface area contributed by atoms with Crippen LogP contribution in [0.3, 0.4) is 0 Å². The third-order valence-corrected chi connectivity index (χ3v) is 5.66. The summed E-state index contributed by atoms with van der Waals surface area (Å²) < 4.78 is 0. The van der Waals surface area contributed by atoms with Gasteiger partial charge in [-0.1, -0.05) is 25.1 Å². The van der Waals surface area contributed by atoms with Gasteiger partial charge >= 0.3 is 0 Å². The van der Waals surface area contributed by atoms with E-state index in [1.165, 1.54) is 20.2 Å². The van der Waals surface area contributed by atoms with Crippen molar-refractivity contribution in [1.29, 1.82) is 0 Å². The van der Waals surface area contributed by atoms with Crippen LogP contribution < -0.4 is 0 Å². The van der Waals surface area contributed by atoms with Gasteiger partial charge in [-0.15, -0.1) is 34.4 Å². The predicted molar refractivity (Wildman–Crippen MR) is 80.6 cm³/mol. The molecule has 0 aromatic carbocycles. The maximum atomic E-state index is 2.28. The minimum absolute atomic E-state index is 0.541. The van der Waals surface area contributed by atoms with Crippen molar-refractivity contribution in [3.05, 3.63) is 61.2 Å². The molecular weight excluding hydrogens is 264 g/mol. The van der Waals surface area contributed by atoms with E-state index in [2.05, 4.69) is 53.4 Å². The lowest BCUT2D eigenvalue weighted by Gasteiger charge is -2.11. The Morgan fingerprint density at radius 2 is 1.71 bits per heavy atom. The van der Waals surface area contributed by atoms with Gasteiger partial charge in [0.1, 0.15) is 0 Å². The van der Waals surface area contributed by atoms with Crippen LogP contribution in [-0.4, -0.2) is 0 Å². The second-order valence-electron chi connectivity index (χ2n) is 3.93. The van der Waals surface area contributed by atoms with Gasteiger partial charge in [-0.25, -0.2) is 0 Å². The molecule has 1 aliphatic rings. The molecule has 0 radical (unpaired) electrons. The van der Waals surface area contributed by atoms with E-state index in [1.807, 2.05) is 34.4 Å². The molecule has 86 valence electrons. The highest BCUT2D eigenvalue weighted by Gasteiger charge is 2.20. The molecule has 1 atom stereocenters. The third-order valence-electron chi connectivity index (χ3n) is 2.76. The van der Waals surface area contributed by atoms with Gasteiger partial charge in [0.25, 0.3) is 0 Å². The van der Waals surface area contributed by atoms with Crippen molar-refractivity contribution in [1.82, 2.24) is 0 Å². The minimum atomic E-state index is 0.541. The quantitative estimate of drug-likeness (QED) is 0.701. The number of rotatable bonds is 2. The summed E-state index contributed by atoms with van der Waals surface area (Å²) in [5.74, 6) is 0.541. The summed E-state index contributed by atoms with van der Waals surface area (Å²) in [6, 6.07) is 8.70. The number of hydrogen-bond donors (Lipinski definition) is 0. The Labute approximate surface area is 114 Å². The fourth-order valence-electron chi connectivity index (χ4n) is 1.92. The maximum Gasteiger partial charge on any atom is 0.0365 e. The largest absolute Gasteiger partial charge is 0.144 e. The SMILES string of the molecule is CC1C=CSC1=C(c1cccs1)c1cccs1. The maximum absolute atomic E-state index is 2.28. The van der Waals surface area contributed by atoms with E-state index in [9.17, 15) is 0 Å². The van der Waals surface area contributed by atoms with Crippen LogP contribution in [0.4, 0.5) is 0 Å². The Bertz CT molecular complexity index is 508. The molecule has 1 aliphatic heterocycles. The van der Waals surface area contributed by atoms with Crippen LogP contribution in [0.15, 0.2) is 51.4 Å². The van der Waals surface area contributed by atoms with E-state index >= 15 is 0 Å². The van der Waals surface area contributed by atoms with Crippen LogP contribution in [0.5, 0.6) is 0 Å². The first-order chi connectivity index (χ1) is 8.36. The van der Waals surface area contributed by atoms with Gasteiger partial charge in [-0.2, -0.15) is 0 Å². The van der Waals surface area contributed by atoms with Crippen LogP contribution in [0.2, 0.25) is 0 Å². The van der Waals surface area contributed by atoms with Crippen molar-refractivity contribution in [3.63, 3.8) is 0 Å². The van der Waals surface area contributed by atoms with Crippen LogP contribution in [0.1, 0.15) is 16.7 Å². The summed E-state index contributed by atoms with van der Waals surface area (Å²) in [6.07, 6.45) is 2.28. The lowest BCUT2D eigenvalue weighted by molar-refractivity contribution is 0.938. The molecule has 0 N–H and O–H groups in total. The standard InChI is InChI=1S/C14H12S3/c1-10-6-9-17-14(10)13(11-4-2-7-15-11)12-5-3-8-16-12/h2-10H,1H3. The Balaban J connectivity index is 2.16. The Morgan fingerprint density at radius 1 is 1.06 bits per heavy atom. The number of allylic oxidation sites excluding steroid dienone is 2. The van der Waals surface area contributed by atoms with Gasteiger partial charge in [0.2, 0.25) is 0 Å². The van der Waals surface area contributed by atoms with Crippen LogP contribution in [0.25, 0.3) is 5.57 Å². The molecule has 0 bridgehead atoms. The second-order valence-corrected chi connectivity index (χ2v) is 6.77. The second kappa shape index (κ2) is 4.84. The van der Waals surface area contributed by atoms with Crippen LogP contribution >= 0.6 is 34.4 Å². The van der Waals surface area contributed by atoms with Crippen molar-refractivity contribution in [2.24, 2.45) is 5.92 Å². The van der Waals surface area contributed by atoms with Crippen molar-refractivity contribution < 1.29 is 0 Å². The van der Waals surface area contributed by atoms with E-state index in [0.29, 0.717) is 5.92 Å². The fraction of sp³-hybridized carbons (Fsp3) is 0.143. The lowest BCUT2D eigenvalue weighted by Crippen LogP contribution is -1.92. The van der Waals surface area contributed by atoms with Gasteiger partial charge in [0, 0.05) is 26.2 Å². The molecule has 0 nitrogen and oxygen atoms in total. The summed E-state index contributed by atoms with van der Waals surface area (Å²) in [5, 5.41) is 6.52. The van der Waals surface area contributed by atoms with Gasteiger partial charge in [0.15, 0.2) is 0 Å². The smallest absolute Gasteiger partial charge is 0.0365 e. The first-order valence-electron chi connectivity index (χ1n) is 5.51. The van der Waals surface area contributed by atoms with Gasteiger partial charge < -0.3 is 0 Å². The number of thioether (sulfide) groups is 1. The van der Waals surface area contributed by atoms with E-state index in [0.717, 1.165) is 0 Å². The summed E-state index contributed by atoms with van der Waals surface area (Å²) in [6.45, 7) is 2.27.